The van der Waals surface area contributed by atoms with Gasteiger partial charge in [0.1, 0.15) is 0 Å². The third-order valence-electron chi connectivity index (χ3n) is 0. The van der Waals surface area contributed by atoms with Crippen LogP contribution in [-0.4, -0.2) is 98.6 Å². The molecule has 0 atom stereocenters. The molecule has 0 aromatic rings. The monoisotopic (exact) mass is 443 g/mol. The van der Waals surface area contributed by atoms with Gasteiger partial charge in [-0.15, -0.1) is 0 Å². The summed E-state index contributed by atoms with van der Waals surface area (Å²) in [5.41, 5.74) is 0. The van der Waals surface area contributed by atoms with Crippen molar-refractivity contribution in [3.05, 3.63) is 0 Å². The van der Waals surface area contributed by atoms with Gasteiger partial charge in [-0.1, -0.05) is 0 Å². The Balaban J connectivity index is -0.00000000545. The van der Waals surface area contributed by atoms with E-state index < -0.39 is 24.6 Å². The fourth-order valence-electron chi connectivity index (χ4n) is 0. The summed E-state index contributed by atoms with van der Waals surface area (Å²) in [5, 5.41) is 66.7. The van der Waals surface area contributed by atoms with E-state index >= 15 is 0 Å². The van der Waals surface area contributed by atoms with Crippen LogP contribution < -0.4 is 59.3 Å². The van der Waals surface area contributed by atoms with Crippen molar-refractivity contribution >= 4 is 76.7 Å². The molecule has 22 heteroatoms. The average molecular weight is 443 g/mol. The molecule has 0 rings (SSSR count). The standard InChI is InChI=1S/4CH2O3.3Al.3H3N.4H2O/c4*2-1(3)4;;;;;;;;;;/h4*(H2,2,3,4);;;;3*1H3;4*1H2/q;;;;3*+3;;;;;;;/p-9. The van der Waals surface area contributed by atoms with Crippen LogP contribution in [0.4, 0.5) is 19.2 Å². The van der Waals surface area contributed by atoms with Gasteiger partial charge in [0.05, 0.1) is 0 Å². The van der Waals surface area contributed by atoms with Gasteiger partial charge in [-0.25, -0.2) is 0 Å². The normalized spacial score (nSPS) is 3.69. The van der Waals surface area contributed by atoms with Crippen molar-refractivity contribution in [2.75, 3.05) is 0 Å². The van der Waals surface area contributed by atoms with Crippen molar-refractivity contribution in [1.82, 2.24) is 18.5 Å². The van der Waals surface area contributed by atoms with Crippen LogP contribution in [0.2, 0.25) is 0 Å². The van der Waals surface area contributed by atoms with E-state index in [0.717, 1.165) is 0 Å². The van der Waals surface area contributed by atoms with Crippen molar-refractivity contribution < 1.29 is 81.9 Å². The van der Waals surface area contributed by atoms with E-state index in [1.54, 1.807) is 0 Å². The van der Waals surface area contributed by atoms with E-state index in [9.17, 15) is 0 Å². The van der Waals surface area contributed by atoms with Crippen molar-refractivity contribution in [2.45, 2.75) is 0 Å². The molecule has 0 amide bonds. The molecular formula is C4H16Al3N3O16. The Hall–Kier alpha value is -1.60. The smallest absolute Gasteiger partial charge is 0.870 e. The van der Waals surface area contributed by atoms with Crippen LogP contribution in [0.15, 0.2) is 0 Å². The van der Waals surface area contributed by atoms with E-state index in [0.29, 0.717) is 0 Å². The van der Waals surface area contributed by atoms with Crippen molar-refractivity contribution in [1.29, 1.82) is 0 Å². The Labute approximate surface area is 177 Å². The second-order valence-electron chi connectivity index (χ2n) is 1.00. The average Bonchev–Trinajstić information content (AvgIpc) is 1.76. The molecule has 0 aliphatic rings. The SMILES string of the molecule is N.N.N.O.O.O.O=C([O-])[O-].O=C([O-])[O-].O=C([O-])[O-].O=C([O-])[O-].[Al+3].[Al+3].[Al+3].[OH-]. The van der Waals surface area contributed by atoms with Gasteiger partial charge in [0, 0.05) is 0 Å². The fourth-order valence-corrected chi connectivity index (χ4v) is 0. The molecule has 19 nitrogen and oxygen atoms in total. The molecule has 152 valence electrons. The van der Waals surface area contributed by atoms with Crippen LogP contribution in [0.3, 0.4) is 0 Å². The summed E-state index contributed by atoms with van der Waals surface area (Å²) < 4.78 is 0. The van der Waals surface area contributed by atoms with Gasteiger partial charge < -0.3 is 100 Å². The van der Waals surface area contributed by atoms with Gasteiger partial charge >= 0.3 is 52.1 Å². The number of carboxylic acid groups (broad SMARTS) is 8. The largest absolute Gasteiger partial charge is 3.00 e. The maximum atomic E-state index is 8.33. The number of carbonyl (C=O) groups excluding carboxylic acids is 4. The first-order valence-corrected chi connectivity index (χ1v) is 2.45. The summed E-state index contributed by atoms with van der Waals surface area (Å²) in [7, 11) is 0. The molecule has 16 N–H and O–H groups in total. The summed E-state index contributed by atoms with van der Waals surface area (Å²) in [6, 6.07) is 0. The third kappa shape index (κ3) is 3990. The molecule has 26 heavy (non-hydrogen) atoms. The van der Waals surface area contributed by atoms with Gasteiger partial charge in [0.2, 0.25) is 0 Å². The Kier molecular flexibility index (Phi) is 516. The van der Waals surface area contributed by atoms with Gasteiger partial charge in [-0.05, 0) is 24.6 Å². The predicted molar refractivity (Wildman–Crippen MR) is 66.7 cm³/mol. The molecule has 0 saturated carbocycles. The summed E-state index contributed by atoms with van der Waals surface area (Å²) >= 11 is 0. The molecule has 0 aliphatic carbocycles. The molecule has 0 bridgehead atoms. The molecule has 0 heterocycles. The van der Waals surface area contributed by atoms with E-state index in [1.165, 1.54) is 0 Å². The maximum absolute atomic E-state index is 8.33. The van der Waals surface area contributed by atoms with E-state index in [-0.39, 0.29) is 92.4 Å². The second kappa shape index (κ2) is 109. The molecule has 0 fully saturated rings. The van der Waals surface area contributed by atoms with Crippen LogP contribution >= 0.6 is 0 Å². The molecular weight excluding hydrogens is 427 g/mol. The first-order valence-electron chi connectivity index (χ1n) is 2.45. The third-order valence-corrected chi connectivity index (χ3v) is 0. The molecule has 0 aromatic heterocycles. The maximum Gasteiger partial charge on any atom is 3.00 e. The van der Waals surface area contributed by atoms with Gasteiger partial charge in [0.15, 0.2) is 0 Å². The first kappa shape index (κ1) is 124. The topological polar surface area (TPSA) is 482 Å². The Morgan fingerprint density at radius 2 is 0.385 bits per heavy atom. The second-order valence-corrected chi connectivity index (χ2v) is 1.00. The quantitative estimate of drug-likeness (QED) is 0.292. The summed E-state index contributed by atoms with van der Waals surface area (Å²) in [6.07, 6.45) is -9.33. The first-order chi connectivity index (χ1) is 6.93. The minimum Gasteiger partial charge on any atom is -0.870 e. The van der Waals surface area contributed by atoms with Crippen LogP contribution in [0, 0.1) is 0 Å². The zero-order chi connectivity index (χ0) is 14.3. The number of rotatable bonds is 0. The zero-order valence-electron chi connectivity index (χ0n) is 12.7. The number of hydrogen-bond acceptors (Lipinski definition) is 16. The van der Waals surface area contributed by atoms with Gasteiger partial charge in [-0.3, -0.25) is 0 Å². The summed E-state index contributed by atoms with van der Waals surface area (Å²) in [4.78, 5) is 33.3. The fraction of sp³-hybridized carbons (Fsp3) is 0. The molecule has 0 aliphatic heterocycles. The van der Waals surface area contributed by atoms with Crippen LogP contribution in [0.25, 0.3) is 0 Å². The van der Waals surface area contributed by atoms with Crippen molar-refractivity contribution in [3.8, 4) is 0 Å². The van der Waals surface area contributed by atoms with E-state index in [2.05, 4.69) is 0 Å². The van der Waals surface area contributed by atoms with Crippen LogP contribution in [0.1, 0.15) is 0 Å². The number of hydrogen-bond donors (Lipinski definition) is 3. The zero-order valence-corrected chi connectivity index (χ0v) is 16.2. The molecule has 0 unspecified atom stereocenters. The minimum absolute atomic E-state index is 0. The van der Waals surface area contributed by atoms with E-state index in [4.69, 9.17) is 60.0 Å². The summed E-state index contributed by atoms with van der Waals surface area (Å²) in [6.45, 7) is 0. The Morgan fingerprint density at radius 3 is 0.385 bits per heavy atom. The van der Waals surface area contributed by atoms with Gasteiger partial charge in [0.25, 0.3) is 0 Å². The van der Waals surface area contributed by atoms with Crippen LogP contribution in [0.5, 0.6) is 0 Å². The predicted octanol–water partition coefficient (Wildman–Crippen LogP) is -13.1. The Bertz CT molecular complexity index is 181. The molecule has 0 aromatic carbocycles. The molecule has 0 saturated heterocycles. The summed E-state index contributed by atoms with van der Waals surface area (Å²) in [5.74, 6) is 0. The van der Waals surface area contributed by atoms with Crippen LogP contribution in [-0.2, 0) is 0 Å². The van der Waals surface area contributed by atoms with Crippen molar-refractivity contribution in [3.63, 3.8) is 0 Å². The minimum atomic E-state index is -2.33. The van der Waals surface area contributed by atoms with Gasteiger partial charge in [-0.2, -0.15) is 0 Å². The molecule has 0 spiro atoms. The van der Waals surface area contributed by atoms with E-state index in [1.807, 2.05) is 0 Å². The van der Waals surface area contributed by atoms with Crippen molar-refractivity contribution in [2.24, 2.45) is 0 Å². The Morgan fingerprint density at radius 1 is 0.385 bits per heavy atom. The molecule has 0 radical (unpaired) electrons. The number of carbonyl (C=O) groups is 4.